The van der Waals surface area contributed by atoms with Crippen LogP contribution in [0, 0.1) is 57.2 Å². The van der Waals surface area contributed by atoms with Gasteiger partial charge in [0.1, 0.15) is 6.04 Å². The van der Waals surface area contributed by atoms with Crippen molar-refractivity contribution in [2.24, 2.45) is 50.2 Å². The number of fused-ring (bicyclic) bond motifs is 7. The number of carbonyl (C=O) groups excluding carboxylic acids is 3. The maximum atomic E-state index is 15.0. The fourth-order valence-corrected chi connectivity index (χ4v) is 13.3. The van der Waals surface area contributed by atoms with E-state index < -0.39 is 45.5 Å². The van der Waals surface area contributed by atoms with Gasteiger partial charge in [-0.2, -0.15) is 0 Å². The highest BCUT2D eigenvalue weighted by Crippen LogP contribution is 2.75. The Kier molecular flexibility index (Phi) is 9.10. The van der Waals surface area contributed by atoms with Gasteiger partial charge in [0, 0.05) is 12.0 Å². The number of carboxylic acid groups (broad SMARTS) is 1. The molecule has 292 valence electrons. The number of ketones is 1. The van der Waals surface area contributed by atoms with Crippen LogP contribution in [-0.2, 0) is 35.3 Å². The third kappa shape index (κ3) is 5.39. The maximum Gasteiger partial charge on any atom is 0.519 e. The molecule has 1 aromatic heterocycles. The van der Waals surface area contributed by atoms with Crippen LogP contribution in [0.15, 0.2) is 25.3 Å². The smallest absolute Gasteiger partial charge is 0.481 e. The van der Waals surface area contributed by atoms with E-state index in [0.29, 0.717) is 45.1 Å². The van der Waals surface area contributed by atoms with Gasteiger partial charge in [-0.25, -0.2) is 4.79 Å². The first-order chi connectivity index (χ1) is 24.8. The number of likely N-dealkylation sites (tertiary alicyclic amines) is 1. The maximum absolute atomic E-state index is 15.0. The van der Waals surface area contributed by atoms with Crippen LogP contribution in [-0.4, -0.2) is 58.9 Å². The van der Waals surface area contributed by atoms with Crippen molar-refractivity contribution in [3.63, 3.8) is 0 Å². The van der Waals surface area contributed by atoms with Crippen LogP contribution in [0.1, 0.15) is 131 Å². The van der Waals surface area contributed by atoms with Gasteiger partial charge in [0.2, 0.25) is 0 Å². The molecule has 5 fully saturated rings. The minimum Gasteiger partial charge on any atom is -0.481 e. The molecule has 6 aliphatic rings. The molecule has 1 aromatic rings. The highest BCUT2D eigenvalue weighted by molar-refractivity contribution is 5.96. The summed E-state index contributed by atoms with van der Waals surface area (Å²) in [5.41, 5.74) is -2.13. The average molecular weight is 738 g/mol. The van der Waals surface area contributed by atoms with E-state index in [9.17, 15) is 24.3 Å². The van der Waals surface area contributed by atoms with Gasteiger partial charge in [0.15, 0.2) is 23.9 Å². The lowest BCUT2D eigenvalue weighted by molar-refractivity contribution is -0.213. The number of ether oxygens (including phenoxy) is 2. The summed E-state index contributed by atoms with van der Waals surface area (Å²) < 4.78 is 21.8. The summed E-state index contributed by atoms with van der Waals surface area (Å²) >= 11 is 0. The number of carboxylic acids is 1. The summed E-state index contributed by atoms with van der Waals surface area (Å²) in [6.07, 6.45) is 10.0. The van der Waals surface area contributed by atoms with Crippen LogP contribution >= 0.6 is 0 Å². The Hall–Kier alpha value is -3.21. The Labute approximate surface area is 312 Å². The SMILES string of the molecule is CCOC(=O)[C@@H]1CCCN1[C@H]1CC[C@@]2(C)C(CC[C@]3(C)[C@@H]2C(=O)C=C2[C@@H]4C[C@@](C)(C(=O)O)CC[C@]4(C)CC[C@]23C)[C@]1(C)C(=O)OCc1oc(=O)oc1C. The van der Waals surface area contributed by atoms with Crippen LogP contribution in [0.25, 0.3) is 0 Å². The molecule has 2 heterocycles. The highest BCUT2D eigenvalue weighted by Gasteiger charge is 2.72. The number of hydrogen-bond acceptors (Lipinski definition) is 10. The molecule has 0 bridgehead atoms. The van der Waals surface area contributed by atoms with Crippen molar-refractivity contribution in [1.29, 1.82) is 0 Å². The zero-order valence-electron chi connectivity index (χ0n) is 32.9. The van der Waals surface area contributed by atoms with Gasteiger partial charge >= 0.3 is 23.7 Å². The van der Waals surface area contributed by atoms with E-state index in [1.807, 2.05) is 19.9 Å². The van der Waals surface area contributed by atoms with Gasteiger partial charge < -0.3 is 23.4 Å². The lowest BCUT2D eigenvalue weighted by Crippen LogP contribution is -2.70. The van der Waals surface area contributed by atoms with E-state index in [4.69, 9.17) is 18.3 Å². The van der Waals surface area contributed by atoms with Gasteiger partial charge in [-0.3, -0.25) is 24.1 Å². The molecular weight excluding hydrogens is 678 g/mol. The van der Waals surface area contributed by atoms with E-state index in [1.165, 1.54) is 0 Å². The molecule has 11 atom stereocenters. The first kappa shape index (κ1) is 38.1. The Balaban J connectivity index is 1.29. The van der Waals surface area contributed by atoms with Crippen molar-refractivity contribution in [1.82, 2.24) is 4.90 Å². The Morgan fingerprint density at radius 2 is 1.64 bits per heavy atom. The molecule has 1 N–H and O–H groups in total. The van der Waals surface area contributed by atoms with Gasteiger partial charge in [-0.05, 0) is 144 Å². The van der Waals surface area contributed by atoms with Crippen molar-refractivity contribution in [3.05, 3.63) is 33.8 Å². The van der Waals surface area contributed by atoms with Crippen LogP contribution in [0.3, 0.4) is 0 Å². The van der Waals surface area contributed by atoms with Crippen molar-refractivity contribution < 1.29 is 42.6 Å². The number of rotatable bonds is 7. The van der Waals surface area contributed by atoms with Crippen LogP contribution in [0.2, 0.25) is 0 Å². The lowest BCUT2D eigenvalue weighted by Gasteiger charge is -2.70. The molecule has 0 radical (unpaired) electrons. The van der Waals surface area contributed by atoms with Crippen LogP contribution < -0.4 is 5.82 Å². The second kappa shape index (κ2) is 12.7. The second-order valence-corrected chi connectivity index (χ2v) is 19.1. The molecule has 4 saturated carbocycles. The topological polar surface area (TPSA) is 154 Å². The third-order valence-electron chi connectivity index (χ3n) is 16.6. The van der Waals surface area contributed by atoms with Crippen molar-refractivity contribution in [2.75, 3.05) is 13.2 Å². The molecular formula is C42H59NO10. The van der Waals surface area contributed by atoms with Crippen molar-refractivity contribution in [3.8, 4) is 0 Å². The predicted molar refractivity (Wildman–Crippen MR) is 193 cm³/mol. The fraction of sp³-hybridized carbons (Fsp3) is 0.786. The first-order valence-electron chi connectivity index (χ1n) is 20.0. The zero-order chi connectivity index (χ0) is 38.5. The first-order valence-corrected chi connectivity index (χ1v) is 20.0. The number of aryl methyl sites for hydroxylation is 1. The molecule has 1 aliphatic heterocycles. The minimum atomic E-state index is -1.11. The number of carbonyl (C=O) groups is 4. The molecule has 0 amide bonds. The fourth-order valence-electron chi connectivity index (χ4n) is 13.3. The predicted octanol–water partition coefficient (Wildman–Crippen LogP) is 7.03. The summed E-state index contributed by atoms with van der Waals surface area (Å²) in [5, 5.41) is 10.3. The summed E-state index contributed by atoms with van der Waals surface area (Å²) in [5.74, 6) is -2.42. The molecule has 0 aromatic carbocycles. The molecule has 11 heteroatoms. The van der Waals surface area contributed by atoms with Gasteiger partial charge in [0.25, 0.3) is 0 Å². The number of allylic oxidation sites excluding steroid dienone is 2. The normalized spacial score (nSPS) is 43.8. The number of nitrogens with zero attached hydrogens (tertiary/aromatic N) is 1. The van der Waals surface area contributed by atoms with Gasteiger partial charge in [-0.1, -0.05) is 33.3 Å². The van der Waals surface area contributed by atoms with E-state index >= 15 is 4.79 Å². The standard InChI is InChI=1S/C42H59NO10/c1-9-50-33(45)27-11-10-20-43(27)31-13-14-39(5)30(42(31,8)35(48)51-23-29-24(2)52-36(49)53-29)12-15-41(7)32(39)28(44)21-25-26-22-38(4,34(46)47)17-16-37(26,3)18-19-40(25,41)6/h21,26-27,30-32H,9-20,22-23H2,1-8H3,(H,46,47)/t26-,27-,30?,31-,32+,37+,38-,39-,40+,41+,42-/m0/s1. The number of aliphatic carboxylic acids is 1. The summed E-state index contributed by atoms with van der Waals surface area (Å²) in [4.78, 5) is 69.7. The summed E-state index contributed by atoms with van der Waals surface area (Å²) in [6, 6.07) is -0.804. The summed E-state index contributed by atoms with van der Waals surface area (Å²) in [6.45, 7) is 17.0. The molecule has 5 aliphatic carbocycles. The molecule has 7 rings (SSSR count). The Morgan fingerprint density at radius 3 is 2.30 bits per heavy atom. The van der Waals surface area contributed by atoms with Gasteiger partial charge in [0.05, 0.1) is 17.4 Å². The van der Waals surface area contributed by atoms with E-state index in [0.717, 1.165) is 37.7 Å². The third-order valence-corrected chi connectivity index (χ3v) is 16.6. The van der Waals surface area contributed by atoms with Crippen molar-refractivity contribution >= 4 is 23.7 Å². The molecule has 1 saturated heterocycles. The quantitative estimate of drug-likeness (QED) is 0.287. The molecule has 1 unspecified atom stereocenters. The van der Waals surface area contributed by atoms with Crippen LogP contribution in [0.4, 0.5) is 0 Å². The highest BCUT2D eigenvalue weighted by atomic mass is 16.6. The Morgan fingerprint density at radius 1 is 0.925 bits per heavy atom. The molecule has 0 spiro atoms. The largest absolute Gasteiger partial charge is 0.519 e. The monoisotopic (exact) mass is 737 g/mol. The summed E-state index contributed by atoms with van der Waals surface area (Å²) in [7, 11) is 0. The molecule has 11 nitrogen and oxygen atoms in total. The minimum absolute atomic E-state index is 0.0146. The van der Waals surface area contributed by atoms with E-state index in [2.05, 4.69) is 32.6 Å². The van der Waals surface area contributed by atoms with E-state index in [1.54, 1.807) is 13.8 Å². The number of esters is 2. The number of hydrogen-bond donors (Lipinski definition) is 1. The van der Waals surface area contributed by atoms with E-state index in [-0.39, 0.29) is 71.1 Å². The second-order valence-electron chi connectivity index (χ2n) is 19.1. The van der Waals surface area contributed by atoms with Crippen LogP contribution in [0.5, 0.6) is 0 Å². The van der Waals surface area contributed by atoms with Gasteiger partial charge in [-0.15, -0.1) is 0 Å². The lowest BCUT2D eigenvalue weighted by atomic mass is 9.33. The Bertz CT molecular complexity index is 1790. The van der Waals surface area contributed by atoms with Crippen molar-refractivity contribution in [2.45, 2.75) is 145 Å². The zero-order valence-corrected chi connectivity index (χ0v) is 32.9. The molecule has 53 heavy (non-hydrogen) atoms. The average Bonchev–Trinajstić information content (AvgIpc) is 3.70.